The van der Waals surface area contributed by atoms with Crippen molar-refractivity contribution in [2.24, 2.45) is 0 Å². The van der Waals surface area contributed by atoms with Crippen molar-refractivity contribution >= 4 is 17.4 Å². The zero-order chi connectivity index (χ0) is 13.5. The van der Waals surface area contributed by atoms with Crippen molar-refractivity contribution in [3.63, 3.8) is 0 Å². The second-order valence-electron chi connectivity index (χ2n) is 4.09. The molecule has 0 saturated heterocycles. The van der Waals surface area contributed by atoms with Crippen LogP contribution in [0, 0.1) is 0 Å². The first kappa shape index (κ1) is 13.6. The Bertz CT molecular complexity index is 528. The van der Waals surface area contributed by atoms with Gasteiger partial charge < -0.3 is 5.32 Å². The first-order valence-electron chi connectivity index (χ1n) is 6.16. The second-order valence-corrected chi connectivity index (χ2v) is 5.15. The highest BCUT2D eigenvalue weighted by molar-refractivity contribution is 7.99. The molecule has 0 bridgehead atoms. The van der Waals surface area contributed by atoms with E-state index in [2.05, 4.69) is 40.9 Å². The van der Waals surface area contributed by atoms with Crippen molar-refractivity contribution in [1.82, 2.24) is 9.97 Å². The maximum Gasteiger partial charge on any atom is 0.0806 e. The van der Waals surface area contributed by atoms with Gasteiger partial charge in [0.05, 0.1) is 17.9 Å². The van der Waals surface area contributed by atoms with Gasteiger partial charge in [-0.3, -0.25) is 9.97 Å². The number of nitrogens with zero attached hydrogens (tertiary/aromatic N) is 2. The van der Waals surface area contributed by atoms with E-state index in [-0.39, 0.29) is 6.04 Å². The molecule has 3 nitrogen and oxygen atoms in total. The van der Waals surface area contributed by atoms with Crippen LogP contribution < -0.4 is 5.32 Å². The Labute approximate surface area is 118 Å². The number of nitrogens with one attached hydrogen (secondary N) is 1. The summed E-state index contributed by atoms with van der Waals surface area (Å²) in [6, 6.07) is 8.39. The summed E-state index contributed by atoms with van der Waals surface area (Å²) in [4.78, 5) is 9.64. The summed E-state index contributed by atoms with van der Waals surface area (Å²) in [5, 5.41) is 3.48. The third-order valence-corrected chi connectivity index (χ3v) is 3.71. The van der Waals surface area contributed by atoms with Crippen LogP contribution in [0.15, 0.2) is 60.4 Å². The van der Waals surface area contributed by atoms with Crippen molar-refractivity contribution in [3.05, 3.63) is 61.2 Å². The highest BCUT2D eigenvalue weighted by Gasteiger charge is 2.09. The minimum atomic E-state index is 0.124. The zero-order valence-electron chi connectivity index (χ0n) is 10.9. The Morgan fingerprint density at radius 2 is 2.21 bits per heavy atom. The van der Waals surface area contributed by atoms with E-state index in [1.807, 2.05) is 18.2 Å². The maximum absolute atomic E-state index is 4.32. The van der Waals surface area contributed by atoms with E-state index in [1.165, 1.54) is 4.90 Å². The minimum absolute atomic E-state index is 0.124. The second kappa shape index (κ2) is 6.95. The molecule has 4 heteroatoms. The molecule has 1 atom stereocenters. The smallest absolute Gasteiger partial charge is 0.0806 e. The van der Waals surface area contributed by atoms with Crippen LogP contribution in [0.5, 0.6) is 0 Å². The Morgan fingerprint density at radius 3 is 2.95 bits per heavy atom. The van der Waals surface area contributed by atoms with E-state index in [0.717, 1.165) is 17.1 Å². The molecule has 1 aromatic heterocycles. The van der Waals surface area contributed by atoms with Crippen LogP contribution in [0.4, 0.5) is 5.69 Å². The van der Waals surface area contributed by atoms with E-state index in [0.29, 0.717) is 0 Å². The lowest BCUT2D eigenvalue weighted by Gasteiger charge is -2.16. The summed E-state index contributed by atoms with van der Waals surface area (Å²) >= 11 is 1.77. The fourth-order valence-corrected chi connectivity index (χ4v) is 2.46. The molecule has 0 saturated carbocycles. The van der Waals surface area contributed by atoms with Crippen molar-refractivity contribution in [2.45, 2.75) is 17.9 Å². The summed E-state index contributed by atoms with van der Waals surface area (Å²) in [6.07, 6.45) is 7.10. The third-order valence-electron chi connectivity index (χ3n) is 2.64. The lowest BCUT2D eigenvalue weighted by atomic mass is 10.2. The molecule has 0 aliphatic heterocycles. The number of para-hydroxylation sites is 1. The molecule has 2 rings (SSSR count). The van der Waals surface area contributed by atoms with Gasteiger partial charge >= 0.3 is 0 Å². The number of hydrogen-bond donors (Lipinski definition) is 1. The monoisotopic (exact) mass is 271 g/mol. The Kier molecular flexibility index (Phi) is 4.98. The Morgan fingerprint density at radius 1 is 1.37 bits per heavy atom. The van der Waals surface area contributed by atoms with Gasteiger partial charge in [-0.25, -0.2) is 0 Å². The number of aromatic nitrogens is 2. The SMILES string of the molecule is C=CCSc1ccccc1NC(C)c1cnccn1. The van der Waals surface area contributed by atoms with E-state index in [4.69, 9.17) is 0 Å². The molecule has 98 valence electrons. The molecule has 0 aliphatic rings. The predicted molar refractivity (Wildman–Crippen MR) is 81.4 cm³/mol. The molecule has 1 aromatic carbocycles. The largest absolute Gasteiger partial charge is 0.376 e. The number of rotatable bonds is 6. The van der Waals surface area contributed by atoms with E-state index in [9.17, 15) is 0 Å². The molecular formula is C15H17N3S. The van der Waals surface area contributed by atoms with Crippen LogP contribution in [0.3, 0.4) is 0 Å². The molecule has 0 amide bonds. The minimum Gasteiger partial charge on any atom is -0.376 e. The molecular weight excluding hydrogens is 254 g/mol. The molecule has 1 heterocycles. The molecule has 1 N–H and O–H groups in total. The predicted octanol–water partition coefficient (Wildman–Crippen LogP) is 3.93. The lowest BCUT2D eigenvalue weighted by Crippen LogP contribution is -2.09. The van der Waals surface area contributed by atoms with Crippen LogP contribution in [-0.4, -0.2) is 15.7 Å². The fourth-order valence-electron chi connectivity index (χ4n) is 1.70. The normalized spacial score (nSPS) is 11.8. The van der Waals surface area contributed by atoms with Gasteiger partial charge in [0.2, 0.25) is 0 Å². The van der Waals surface area contributed by atoms with Crippen LogP contribution in [-0.2, 0) is 0 Å². The highest BCUT2D eigenvalue weighted by Crippen LogP contribution is 2.29. The topological polar surface area (TPSA) is 37.8 Å². The number of anilines is 1. The van der Waals surface area contributed by atoms with Crippen molar-refractivity contribution in [1.29, 1.82) is 0 Å². The number of benzene rings is 1. The highest BCUT2D eigenvalue weighted by atomic mass is 32.2. The molecule has 0 radical (unpaired) electrons. The summed E-state index contributed by atoms with van der Waals surface area (Å²) < 4.78 is 0. The fraction of sp³-hybridized carbons (Fsp3) is 0.200. The number of hydrogen-bond acceptors (Lipinski definition) is 4. The molecule has 2 aromatic rings. The molecule has 0 spiro atoms. The van der Waals surface area contributed by atoms with E-state index in [1.54, 1.807) is 30.4 Å². The van der Waals surface area contributed by atoms with Gasteiger partial charge in [-0.05, 0) is 19.1 Å². The summed E-state index contributed by atoms with van der Waals surface area (Å²) in [5.41, 5.74) is 2.05. The van der Waals surface area contributed by atoms with Crippen molar-refractivity contribution in [2.75, 3.05) is 11.1 Å². The third kappa shape index (κ3) is 3.83. The standard InChI is InChI=1S/C15H17N3S/c1-3-10-19-15-7-5-4-6-13(15)18-12(2)14-11-16-8-9-17-14/h3-9,11-12,18H,1,10H2,2H3. The van der Waals surface area contributed by atoms with Gasteiger partial charge in [-0.15, -0.1) is 18.3 Å². The Hall–Kier alpha value is -1.81. The first-order valence-corrected chi connectivity index (χ1v) is 7.15. The summed E-state index contributed by atoms with van der Waals surface area (Å²) in [5.74, 6) is 0.901. The van der Waals surface area contributed by atoms with Gasteiger partial charge in [0.25, 0.3) is 0 Å². The molecule has 19 heavy (non-hydrogen) atoms. The first-order chi connectivity index (χ1) is 9.31. The van der Waals surface area contributed by atoms with Gasteiger partial charge in [-0.1, -0.05) is 18.2 Å². The van der Waals surface area contributed by atoms with Gasteiger partial charge in [-0.2, -0.15) is 0 Å². The average molecular weight is 271 g/mol. The molecule has 1 unspecified atom stereocenters. The summed E-state index contributed by atoms with van der Waals surface area (Å²) in [7, 11) is 0. The molecule has 0 aliphatic carbocycles. The van der Waals surface area contributed by atoms with Gasteiger partial charge in [0, 0.05) is 28.7 Å². The van der Waals surface area contributed by atoms with Crippen LogP contribution in [0.2, 0.25) is 0 Å². The summed E-state index contributed by atoms with van der Waals surface area (Å²) in [6.45, 7) is 5.84. The zero-order valence-corrected chi connectivity index (χ0v) is 11.7. The average Bonchev–Trinajstić information content (AvgIpc) is 2.47. The Balaban J connectivity index is 2.12. The van der Waals surface area contributed by atoms with E-state index >= 15 is 0 Å². The number of thioether (sulfide) groups is 1. The van der Waals surface area contributed by atoms with Crippen molar-refractivity contribution in [3.8, 4) is 0 Å². The van der Waals surface area contributed by atoms with Crippen molar-refractivity contribution < 1.29 is 0 Å². The van der Waals surface area contributed by atoms with Crippen LogP contribution in [0.25, 0.3) is 0 Å². The quantitative estimate of drug-likeness (QED) is 0.638. The maximum atomic E-state index is 4.32. The van der Waals surface area contributed by atoms with E-state index < -0.39 is 0 Å². The molecule has 0 fully saturated rings. The van der Waals surface area contributed by atoms with Crippen LogP contribution >= 0.6 is 11.8 Å². The van der Waals surface area contributed by atoms with Gasteiger partial charge in [0.1, 0.15) is 0 Å². The van der Waals surface area contributed by atoms with Gasteiger partial charge in [0.15, 0.2) is 0 Å². The van der Waals surface area contributed by atoms with Crippen LogP contribution in [0.1, 0.15) is 18.7 Å². The lowest BCUT2D eigenvalue weighted by molar-refractivity contribution is 0.824.